The summed E-state index contributed by atoms with van der Waals surface area (Å²) in [5.74, 6) is 0.802. The molecule has 0 saturated heterocycles. The van der Waals surface area contributed by atoms with E-state index >= 15 is 0 Å². The molecule has 18 heavy (non-hydrogen) atoms. The number of H-pyrrole nitrogens is 1. The SMILES string of the molecule is Nc1ccc(-c2nc3c(Br)cc(N)cc3[nH]2)cc1. The van der Waals surface area contributed by atoms with Crippen LogP contribution in [-0.2, 0) is 0 Å². The fraction of sp³-hybridized carbons (Fsp3) is 0. The average Bonchev–Trinajstić information content (AvgIpc) is 2.74. The van der Waals surface area contributed by atoms with Crippen molar-refractivity contribution in [2.45, 2.75) is 0 Å². The zero-order valence-corrected chi connectivity index (χ0v) is 11.0. The highest BCUT2D eigenvalue weighted by Gasteiger charge is 2.08. The summed E-state index contributed by atoms with van der Waals surface area (Å²) in [7, 11) is 0. The van der Waals surface area contributed by atoms with Gasteiger partial charge in [0, 0.05) is 21.4 Å². The molecule has 5 heteroatoms. The molecule has 1 heterocycles. The molecule has 0 unspecified atom stereocenters. The van der Waals surface area contributed by atoms with E-state index in [1.165, 1.54) is 0 Å². The Morgan fingerprint density at radius 1 is 1.00 bits per heavy atom. The summed E-state index contributed by atoms with van der Waals surface area (Å²) in [6.45, 7) is 0. The lowest BCUT2D eigenvalue weighted by molar-refractivity contribution is 1.33. The first kappa shape index (κ1) is 11.1. The van der Waals surface area contributed by atoms with Crippen LogP contribution in [0.5, 0.6) is 0 Å². The van der Waals surface area contributed by atoms with Crippen molar-refractivity contribution in [3.05, 3.63) is 40.9 Å². The second-order valence-electron chi connectivity index (χ2n) is 4.11. The number of nitrogens with zero attached hydrogens (tertiary/aromatic N) is 1. The number of hydrogen-bond donors (Lipinski definition) is 3. The van der Waals surface area contributed by atoms with E-state index in [1.54, 1.807) is 0 Å². The number of aromatic nitrogens is 2. The van der Waals surface area contributed by atoms with E-state index in [2.05, 4.69) is 25.9 Å². The summed E-state index contributed by atoms with van der Waals surface area (Å²) in [4.78, 5) is 7.81. The standard InChI is InChI=1S/C13H11BrN4/c14-10-5-9(16)6-11-12(10)18-13(17-11)7-1-3-8(15)4-2-7/h1-6H,15-16H2,(H,17,18). The van der Waals surface area contributed by atoms with Crippen molar-refractivity contribution in [1.82, 2.24) is 9.97 Å². The minimum atomic E-state index is 0.696. The van der Waals surface area contributed by atoms with Crippen LogP contribution >= 0.6 is 15.9 Å². The first-order valence-electron chi connectivity index (χ1n) is 5.44. The van der Waals surface area contributed by atoms with Crippen LogP contribution in [0.3, 0.4) is 0 Å². The van der Waals surface area contributed by atoms with Crippen molar-refractivity contribution in [3.8, 4) is 11.4 Å². The van der Waals surface area contributed by atoms with E-state index in [0.717, 1.165) is 32.6 Å². The molecule has 0 aliphatic heterocycles. The van der Waals surface area contributed by atoms with E-state index in [1.807, 2.05) is 36.4 Å². The normalized spacial score (nSPS) is 10.9. The number of anilines is 2. The zero-order chi connectivity index (χ0) is 12.7. The van der Waals surface area contributed by atoms with E-state index in [0.29, 0.717) is 5.69 Å². The molecule has 4 nitrogen and oxygen atoms in total. The quantitative estimate of drug-likeness (QED) is 0.604. The fourth-order valence-electron chi connectivity index (χ4n) is 1.87. The molecule has 0 saturated carbocycles. The van der Waals surface area contributed by atoms with Gasteiger partial charge in [-0.05, 0) is 52.3 Å². The van der Waals surface area contributed by atoms with Gasteiger partial charge in [0.25, 0.3) is 0 Å². The highest BCUT2D eigenvalue weighted by atomic mass is 79.9. The third-order valence-electron chi connectivity index (χ3n) is 2.75. The van der Waals surface area contributed by atoms with Crippen LogP contribution in [0.1, 0.15) is 0 Å². The number of aromatic amines is 1. The monoisotopic (exact) mass is 302 g/mol. The Kier molecular flexibility index (Phi) is 2.48. The fourth-order valence-corrected chi connectivity index (χ4v) is 2.44. The van der Waals surface area contributed by atoms with Crippen molar-refractivity contribution in [3.63, 3.8) is 0 Å². The number of rotatable bonds is 1. The molecule has 1 aromatic heterocycles. The van der Waals surface area contributed by atoms with Crippen LogP contribution in [0.15, 0.2) is 40.9 Å². The van der Waals surface area contributed by atoms with E-state index in [9.17, 15) is 0 Å². The van der Waals surface area contributed by atoms with Gasteiger partial charge < -0.3 is 16.5 Å². The summed E-state index contributed by atoms with van der Waals surface area (Å²) in [5, 5.41) is 0. The topological polar surface area (TPSA) is 80.7 Å². The molecular formula is C13H11BrN4. The van der Waals surface area contributed by atoms with Crippen LogP contribution < -0.4 is 11.5 Å². The van der Waals surface area contributed by atoms with E-state index < -0.39 is 0 Å². The average molecular weight is 303 g/mol. The Morgan fingerprint density at radius 2 is 1.72 bits per heavy atom. The minimum Gasteiger partial charge on any atom is -0.399 e. The van der Waals surface area contributed by atoms with Crippen molar-refractivity contribution < 1.29 is 0 Å². The lowest BCUT2D eigenvalue weighted by Gasteiger charge is -1.96. The van der Waals surface area contributed by atoms with Crippen LogP contribution in [0.4, 0.5) is 11.4 Å². The van der Waals surface area contributed by atoms with Crippen molar-refractivity contribution >= 4 is 38.3 Å². The molecule has 2 aromatic carbocycles. The zero-order valence-electron chi connectivity index (χ0n) is 9.44. The van der Waals surface area contributed by atoms with Gasteiger partial charge >= 0.3 is 0 Å². The number of hydrogen-bond acceptors (Lipinski definition) is 3. The number of nitrogens with two attached hydrogens (primary N) is 2. The van der Waals surface area contributed by atoms with Crippen LogP contribution in [0.2, 0.25) is 0 Å². The highest BCUT2D eigenvalue weighted by molar-refractivity contribution is 9.10. The Bertz CT molecular complexity index is 716. The largest absolute Gasteiger partial charge is 0.399 e. The first-order valence-corrected chi connectivity index (χ1v) is 6.23. The van der Waals surface area contributed by atoms with Gasteiger partial charge in [0.15, 0.2) is 0 Å². The number of fused-ring (bicyclic) bond motifs is 1. The van der Waals surface area contributed by atoms with Crippen molar-refractivity contribution in [2.24, 2.45) is 0 Å². The number of benzene rings is 2. The molecule has 0 fully saturated rings. The number of halogens is 1. The summed E-state index contributed by atoms with van der Waals surface area (Å²) < 4.78 is 0.885. The van der Waals surface area contributed by atoms with Gasteiger partial charge in [-0.2, -0.15) is 0 Å². The van der Waals surface area contributed by atoms with Gasteiger partial charge in [0.2, 0.25) is 0 Å². The van der Waals surface area contributed by atoms with Crippen LogP contribution in [-0.4, -0.2) is 9.97 Å². The van der Waals surface area contributed by atoms with Gasteiger partial charge in [0.1, 0.15) is 11.3 Å². The molecule has 0 aliphatic rings. The minimum absolute atomic E-state index is 0.696. The third kappa shape index (κ3) is 1.82. The van der Waals surface area contributed by atoms with Gasteiger partial charge in [-0.1, -0.05) is 0 Å². The third-order valence-corrected chi connectivity index (χ3v) is 3.35. The predicted molar refractivity (Wildman–Crippen MR) is 78.1 cm³/mol. The molecule has 3 rings (SSSR count). The Labute approximate surface area is 112 Å². The molecule has 0 spiro atoms. The molecule has 0 radical (unpaired) electrons. The summed E-state index contributed by atoms with van der Waals surface area (Å²) in [5.41, 5.74) is 15.7. The Balaban J connectivity index is 2.19. The number of nitrogens with one attached hydrogen (secondary N) is 1. The maximum absolute atomic E-state index is 5.80. The Morgan fingerprint density at radius 3 is 2.44 bits per heavy atom. The molecule has 90 valence electrons. The highest BCUT2D eigenvalue weighted by Crippen LogP contribution is 2.28. The maximum atomic E-state index is 5.80. The maximum Gasteiger partial charge on any atom is 0.138 e. The molecular weight excluding hydrogens is 292 g/mol. The number of imidazole rings is 1. The van der Waals surface area contributed by atoms with E-state index in [4.69, 9.17) is 11.5 Å². The molecule has 0 atom stereocenters. The molecule has 3 aromatic rings. The lowest BCUT2D eigenvalue weighted by atomic mass is 10.2. The molecule has 0 aliphatic carbocycles. The second-order valence-corrected chi connectivity index (χ2v) is 4.96. The Hall–Kier alpha value is -2.01. The van der Waals surface area contributed by atoms with Gasteiger partial charge in [-0.3, -0.25) is 0 Å². The smallest absolute Gasteiger partial charge is 0.138 e. The van der Waals surface area contributed by atoms with Crippen LogP contribution in [0.25, 0.3) is 22.4 Å². The van der Waals surface area contributed by atoms with Gasteiger partial charge in [-0.15, -0.1) is 0 Å². The summed E-state index contributed by atoms with van der Waals surface area (Å²) in [6, 6.07) is 11.3. The van der Waals surface area contributed by atoms with Crippen molar-refractivity contribution in [1.29, 1.82) is 0 Å². The van der Waals surface area contributed by atoms with Crippen LogP contribution in [0, 0.1) is 0 Å². The second kappa shape index (κ2) is 4.03. The molecule has 5 N–H and O–H groups in total. The first-order chi connectivity index (χ1) is 8.63. The predicted octanol–water partition coefficient (Wildman–Crippen LogP) is 3.16. The summed E-state index contributed by atoms with van der Waals surface area (Å²) in [6.07, 6.45) is 0. The summed E-state index contributed by atoms with van der Waals surface area (Å²) >= 11 is 3.46. The molecule has 0 amide bonds. The van der Waals surface area contributed by atoms with Gasteiger partial charge in [0.05, 0.1) is 5.52 Å². The van der Waals surface area contributed by atoms with Crippen molar-refractivity contribution in [2.75, 3.05) is 11.5 Å². The van der Waals surface area contributed by atoms with Gasteiger partial charge in [-0.25, -0.2) is 4.98 Å². The molecule has 0 bridgehead atoms. The van der Waals surface area contributed by atoms with E-state index in [-0.39, 0.29) is 0 Å². The number of nitrogen functional groups attached to an aromatic ring is 2. The lowest BCUT2D eigenvalue weighted by Crippen LogP contribution is -1.84.